The molecule has 0 spiro atoms. The molecule has 27 heavy (non-hydrogen) atoms. The van der Waals surface area contributed by atoms with Crippen molar-refractivity contribution in [1.29, 1.82) is 0 Å². The zero-order valence-corrected chi connectivity index (χ0v) is 14.4. The highest BCUT2D eigenvalue weighted by Gasteiger charge is 2.39. The predicted molar refractivity (Wildman–Crippen MR) is 107 cm³/mol. The number of rotatable bonds is 2. The number of nitrogens with zero attached hydrogens (tertiary/aromatic N) is 1. The Morgan fingerprint density at radius 2 is 1.22 bits per heavy atom. The lowest BCUT2D eigenvalue weighted by Gasteiger charge is -2.14. The van der Waals surface area contributed by atoms with Gasteiger partial charge in [0.2, 0.25) is 0 Å². The largest absolute Gasteiger partial charge is 0.268 e. The highest BCUT2D eigenvalue weighted by molar-refractivity contribution is 6.37. The van der Waals surface area contributed by atoms with Crippen molar-refractivity contribution < 1.29 is 9.59 Å². The maximum Gasteiger partial charge on any atom is 0.266 e. The summed E-state index contributed by atoms with van der Waals surface area (Å²) in [7, 11) is 0. The first-order chi connectivity index (χ1) is 13.3. The number of anilines is 1. The van der Waals surface area contributed by atoms with Crippen LogP contribution in [0.25, 0.3) is 21.9 Å². The van der Waals surface area contributed by atoms with Crippen molar-refractivity contribution in [3.63, 3.8) is 0 Å². The SMILES string of the molecule is O=C1c2cc3ccccc3c(-c3ccccc3)c2C(=O)N1c1ccccc1. The summed E-state index contributed by atoms with van der Waals surface area (Å²) in [6.07, 6.45) is 0. The fourth-order valence-electron chi connectivity index (χ4n) is 3.78. The van der Waals surface area contributed by atoms with Gasteiger partial charge in [0.25, 0.3) is 11.8 Å². The van der Waals surface area contributed by atoms with Gasteiger partial charge in [-0.3, -0.25) is 9.59 Å². The van der Waals surface area contributed by atoms with Gasteiger partial charge in [-0.15, -0.1) is 0 Å². The normalized spacial score (nSPS) is 13.3. The van der Waals surface area contributed by atoms with Crippen molar-refractivity contribution in [2.45, 2.75) is 0 Å². The minimum absolute atomic E-state index is 0.272. The molecule has 0 saturated carbocycles. The van der Waals surface area contributed by atoms with Gasteiger partial charge in [0.1, 0.15) is 0 Å². The van der Waals surface area contributed by atoms with Gasteiger partial charge in [0.15, 0.2) is 0 Å². The van der Waals surface area contributed by atoms with Crippen LogP contribution in [0.15, 0.2) is 91.0 Å². The maximum absolute atomic E-state index is 13.4. The highest BCUT2D eigenvalue weighted by Crippen LogP contribution is 2.40. The number of carbonyl (C=O) groups excluding carboxylic acids is 2. The molecule has 1 aliphatic heterocycles. The van der Waals surface area contributed by atoms with E-state index in [4.69, 9.17) is 0 Å². The maximum atomic E-state index is 13.4. The molecule has 5 rings (SSSR count). The van der Waals surface area contributed by atoms with Crippen molar-refractivity contribution in [2.75, 3.05) is 4.90 Å². The van der Waals surface area contributed by atoms with Gasteiger partial charge in [-0.25, -0.2) is 4.90 Å². The number of benzene rings is 4. The molecular formula is C24H15NO2. The van der Waals surface area contributed by atoms with Gasteiger partial charge in [0.05, 0.1) is 16.8 Å². The van der Waals surface area contributed by atoms with Gasteiger partial charge in [-0.05, 0) is 34.5 Å². The van der Waals surface area contributed by atoms with Gasteiger partial charge < -0.3 is 0 Å². The summed E-state index contributed by atoms with van der Waals surface area (Å²) in [4.78, 5) is 27.8. The van der Waals surface area contributed by atoms with E-state index in [0.29, 0.717) is 16.8 Å². The number of carbonyl (C=O) groups is 2. The van der Waals surface area contributed by atoms with Crippen LogP contribution in [0.4, 0.5) is 5.69 Å². The molecule has 0 fully saturated rings. The van der Waals surface area contributed by atoms with E-state index in [1.807, 2.05) is 78.9 Å². The van der Waals surface area contributed by atoms with Crippen LogP contribution >= 0.6 is 0 Å². The minimum Gasteiger partial charge on any atom is -0.268 e. The van der Waals surface area contributed by atoms with Gasteiger partial charge >= 0.3 is 0 Å². The topological polar surface area (TPSA) is 37.4 Å². The van der Waals surface area contributed by atoms with Crippen LogP contribution in [0, 0.1) is 0 Å². The average Bonchev–Trinajstić information content (AvgIpc) is 2.97. The molecule has 0 radical (unpaired) electrons. The zero-order chi connectivity index (χ0) is 18.4. The lowest BCUT2D eigenvalue weighted by Crippen LogP contribution is -2.29. The summed E-state index contributed by atoms with van der Waals surface area (Å²) in [5.74, 6) is -0.546. The molecule has 3 nitrogen and oxygen atoms in total. The molecule has 0 saturated heterocycles. The van der Waals surface area contributed by atoms with Crippen molar-refractivity contribution in [2.24, 2.45) is 0 Å². The second-order valence-electron chi connectivity index (χ2n) is 6.54. The summed E-state index contributed by atoms with van der Waals surface area (Å²) in [5.41, 5.74) is 3.28. The molecule has 2 amide bonds. The highest BCUT2D eigenvalue weighted by atomic mass is 16.2. The molecule has 1 aliphatic rings. The van der Waals surface area contributed by atoms with E-state index in [0.717, 1.165) is 21.9 Å². The Balaban J connectivity index is 1.84. The number of amides is 2. The van der Waals surface area contributed by atoms with E-state index in [1.165, 1.54) is 4.90 Å². The number of fused-ring (bicyclic) bond motifs is 2. The van der Waals surface area contributed by atoms with Crippen LogP contribution in [0.1, 0.15) is 20.7 Å². The smallest absolute Gasteiger partial charge is 0.266 e. The summed E-state index contributed by atoms with van der Waals surface area (Å²) < 4.78 is 0. The molecule has 4 aromatic carbocycles. The summed E-state index contributed by atoms with van der Waals surface area (Å²) in [6.45, 7) is 0. The third-order valence-corrected chi connectivity index (χ3v) is 4.98. The first kappa shape index (κ1) is 15.5. The molecule has 0 atom stereocenters. The van der Waals surface area contributed by atoms with Crippen LogP contribution < -0.4 is 4.90 Å². The molecule has 0 aromatic heterocycles. The third-order valence-electron chi connectivity index (χ3n) is 4.98. The Bertz CT molecular complexity index is 1200. The second kappa shape index (κ2) is 5.92. The Morgan fingerprint density at radius 3 is 1.96 bits per heavy atom. The molecule has 4 aromatic rings. The van der Waals surface area contributed by atoms with Crippen molar-refractivity contribution in [1.82, 2.24) is 0 Å². The van der Waals surface area contributed by atoms with E-state index >= 15 is 0 Å². The fraction of sp³-hybridized carbons (Fsp3) is 0. The standard InChI is InChI=1S/C24H15NO2/c26-23-20-15-17-11-7-8-14-19(17)21(16-9-3-1-4-10-16)22(20)24(27)25(23)18-12-5-2-6-13-18/h1-15H. The van der Waals surface area contributed by atoms with Gasteiger partial charge in [0, 0.05) is 5.56 Å². The minimum atomic E-state index is -0.274. The van der Waals surface area contributed by atoms with Crippen LogP contribution in [0.2, 0.25) is 0 Å². The van der Waals surface area contributed by atoms with Gasteiger partial charge in [-0.2, -0.15) is 0 Å². The zero-order valence-electron chi connectivity index (χ0n) is 14.4. The fourth-order valence-corrected chi connectivity index (χ4v) is 3.78. The van der Waals surface area contributed by atoms with E-state index < -0.39 is 0 Å². The Kier molecular flexibility index (Phi) is 3.41. The van der Waals surface area contributed by atoms with E-state index in [1.54, 1.807) is 12.1 Å². The summed E-state index contributed by atoms with van der Waals surface area (Å²) >= 11 is 0. The number of hydrogen-bond donors (Lipinski definition) is 0. The van der Waals surface area contributed by atoms with Crippen LogP contribution in [-0.2, 0) is 0 Å². The van der Waals surface area contributed by atoms with E-state index in [9.17, 15) is 9.59 Å². The molecule has 0 aliphatic carbocycles. The molecule has 0 unspecified atom stereocenters. The van der Waals surface area contributed by atoms with Crippen LogP contribution in [0.3, 0.4) is 0 Å². The molecule has 128 valence electrons. The summed E-state index contributed by atoms with van der Waals surface area (Å²) in [6, 6.07) is 28.6. The van der Waals surface area contributed by atoms with Crippen LogP contribution in [0.5, 0.6) is 0 Å². The molecular weight excluding hydrogens is 334 g/mol. The molecule has 0 N–H and O–H groups in total. The van der Waals surface area contributed by atoms with Crippen molar-refractivity contribution in [3.05, 3.63) is 102 Å². The van der Waals surface area contributed by atoms with Gasteiger partial charge in [-0.1, -0.05) is 72.8 Å². The first-order valence-corrected chi connectivity index (χ1v) is 8.81. The van der Waals surface area contributed by atoms with Crippen molar-refractivity contribution in [3.8, 4) is 11.1 Å². The quantitative estimate of drug-likeness (QED) is 0.460. The lowest BCUT2D eigenvalue weighted by atomic mass is 9.90. The Morgan fingerprint density at radius 1 is 0.593 bits per heavy atom. The average molecular weight is 349 g/mol. The monoisotopic (exact) mass is 349 g/mol. The number of hydrogen-bond acceptors (Lipinski definition) is 2. The lowest BCUT2D eigenvalue weighted by molar-refractivity contribution is 0.0926. The van der Waals surface area contributed by atoms with E-state index in [-0.39, 0.29) is 11.8 Å². The van der Waals surface area contributed by atoms with Crippen LogP contribution in [-0.4, -0.2) is 11.8 Å². The Hall–Kier alpha value is -3.72. The second-order valence-corrected chi connectivity index (χ2v) is 6.54. The first-order valence-electron chi connectivity index (χ1n) is 8.81. The number of para-hydroxylation sites is 1. The molecule has 1 heterocycles. The summed E-state index contributed by atoms with van der Waals surface area (Å²) in [5, 5.41) is 1.92. The van der Waals surface area contributed by atoms with Crippen molar-refractivity contribution >= 4 is 28.3 Å². The molecule has 3 heteroatoms. The third kappa shape index (κ3) is 2.29. The Labute approximate surface area is 156 Å². The number of imide groups is 1. The predicted octanol–water partition coefficient (Wildman–Crippen LogP) is 5.31. The van der Waals surface area contributed by atoms with E-state index in [2.05, 4.69) is 0 Å². The molecule has 0 bridgehead atoms.